The highest BCUT2D eigenvalue weighted by Gasteiger charge is 2.12. The molecular formula is C18H22N4O. The smallest absolute Gasteiger partial charge is 0.160 e. The van der Waals surface area contributed by atoms with Crippen molar-refractivity contribution in [2.75, 3.05) is 6.54 Å². The summed E-state index contributed by atoms with van der Waals surface area (Å²) >= 11 is 0. The van der Waals surface area contributed by atoms with Crippen molar-refractivity contribution in [1.82, 2.24) is 14.5 Å². The highest BCUT2D eigenvalue weighted by Crippen LogP contribution is 2.18. The topological polar surface area (TPSA) is 66.0 Å². The predicted molar refractivity (Wildman–Crippen MR) is 91.5 cm³/mol. The first-order chi connectivity index (χ1) is 11.2. The maximum Gasteiger partial charge on any atom is 0.160 e. The van der Waals surface area contributed by atoms with E-state index in [4.69, 9.17) is 10.5 Å². The van der Waals surface area contributed by atoms with Crippen LogP contribution >= 0.6 is 0 Å². The summed E-state index contributed by atoms with van der Waals surface area (Å²) < 4.78 is 7.92. The van der Waals surface area contributed by atoms with Gasteiger partial charge in [-0.1, -0.05) is 19.1 Å². The van der Waals surface area contributed by atoms with Crippen molar-refractivity contribution in [2.45, 2.75) is 33.4 Å². The molecule has 0 fully saturated rings. The van der Waals surface area contributed by atoms with Crippen molar-refractivity contribution in [3.05, 3.63) is 53.5 Å². The molecule has 2 N–H and O–H groups in total. The van der Waals surface area contributed by atoms with Gasteiger partial charge in [0.05, 0.1) is 0 Å². The maximum atomic E-state index is 5.89. The molecule has 0 bridgehead atoms. The number of hydrogen-bond donors (Lipinski definition) is 1. The van der Waals surface area contributed by atoms with E-state index < -0.39 is 0 Å². The van der Waals surface area contributed by atoms with Crippen LogP contribution in [0.1, 0.15) is 23.9 Å². The molecule has 0 aliphatic rings. The normalized spacial score (nSPS) is 11.1. The van der Waals surface area contributed by atoms with Crippen molar-refractivity contribution in [3.8, 4) is 5.75 Å². The van der Waals surface area contributed by atoms with Crippen LogP contribution in [0.15, 0.2) is 36.5 Å². The number of pyridine rings is 1. The zero-order chi connectivity index (χ0) is 16.2. The van der Waals surface area contributed by atoms with E-state index in [0.29, 0.717) is 19.7 Å². The maximum absolute atomic E-state index is 5.89. The van der Waals surface area contributed by atoms with Crippen LogP contribution < -0.4 is 10.5 Å². The Labute approximate surface area is 136 Å². The highest BCUT2D eigenvalue weighted by molar-refractivity contribution is 5.72. The number of imidazole rings is 1. The third-order valence-corrected chi connectivity index (χ3v) is 3.85. The largest absolute Gasteiger partial charge is 0.486 e. The summed E-state index contributed by atoms with van der Waals surface area (Å²) in [7, 11) is 0. The Bertz CT molecular complexity index is 793. The Balaban J connectivity index is 1.84. The van der Waals surface area contributed by atoms with Gasteiger partial charge in [-0.3, -0.25) is 0 Å². The summed E-state index contributed by atoms with van der Waals surface area (Å²) in [5, 5.41) is 0. The molecule has 3 rings (SSSR count). The minimum Gasteiger partial charge on any atom is -0.486 e. The Hall–Kier alpha value is -2.40. The second kappa shape index (κ2) is 6.79. The number of aromatic nitrogens is 3. The number of rotatable bonds is 6. The van der Waals surface area contributed by atoms with Gasteiger partial charge >= 0.3 is 0 Å². The SMILES string of the molecule is CCc1ccc(OCc2nc3cc(C)cnc3n2CCN)cc1. The molecule has 0 aliphatic heterocycles. The lowest BCUT2D eigenvalue weighted by molar-refractivity contribution is 0.290. The summed E-state index contributed by atoms with van der Waals surface area (Å²) in [6.07, 6.45) is 2.88. The number of fused-ring (bicyclic) bond motifs is 1. The zero-order valence-corrected chi connectivity index (χ0v) is 13.6. The molecule has 5 nitrogen and oxygen atoms in total. The summed E-state index contributed by atoms with van der Waals surface area (Å²) in [6.45, 7) is 5.78. The van der Waals surface area contributed by atoms with Crippen LogP contribution in [0.25, 0.3) is 11.2 Å². The molecule has 0 saturated heterocycles. The van der Waals surface area contributed by atoms with Gasteiger partial charge in [0.2, 0.25) is 0 Å². The molecular weight excluding hydrogens is 288 g/mol. The fourth-order valence-corrected chi connectivity index (χ4v) is 2.60. The second-order valence-electron chi connectivity index (χ2n) is 5.61. The van der Waals surface area contributed by atoms with Crippen LogP contribution in [0, 0.1) is 6.92 Å². The first kappa shape index (κ1) is 15.5. The lowest BCUT2D eigenvalue weighted by atomic mass is 10.2. The van der Waals surface area contributed by atoms with E-state index in [2.05, 4.69) is 29.0 Å². The lowest BCUT2D eigenvalue weighted by Crippen LogP contribution is -2.14. The molecule has 0 unspecified atom stereocenters. The minimum absolute atomic E-state index is 0.404. The van der Waals surface area contributed by atoms with Crippen molar-refractivity contribution in [3.63, 3.8) is 0 Å². The number of nitrogens with zero attached hydrogens (tertiary/aromatic N) is 3. The first-order valence-corrected chi connectivity index (χ1v) is 7.95. The zero-order valence-electron chi connectivity index (χ0n) is 13.6. The Kier molecular flexibility index (Phi) is 4.57. The quantitative estimate of drug-likeness (QED) is 0.760. The minimum atomic E-state index is 0.404. The molecule has 0 amide bonds. The van der Waals surface area contributed by atoms with Gasteiger partial charge in [0, 0.05) is 19.3 Å². The van der Waals surface area contributed by atoms with Gasteiger partial charge in [0.25, 0.3) is 0 Å². The average molecular weight is 310 g/mol. The van der Waals surface area contributed by atoms with Crippen LogP contribution in [0.4, 0.5) is 0 Å². The summed E-state index contributed by atoms with van der Waals surface area (Å²) in [5.41, 5.74) is 9.87. The number of aryl methyl sites for hydroxylation is 2. The van der Waals surface area contributed by atoms with E-state index in [9.17, 15) is 0 Å². The number of hydrogen-bond acceptors (Lipinski definition) is 4. The van der Waals surface area contributed by atoms with Crippen LogP contribution in [0.3, 0.4) is 0 Å². The second-order valence-corrected chi connectivity index (χ2v) is 5.61. The lowest BCUT2D eigenvalue weighted by Gasteiger charge is -2.09. The molecule has 2 aromatic heterocycles. The van der Waals surface area contributed by atoms with Gasteiger partial charge in [-0.2, -0.15) is 0 Å². The standard InChI is InChI=1S/C18H22N4O/c1-3-14-4-6-15(7-5-14)23-12-17-21-16-10-13(2)11-20-18(16)22(17)9-8-19/h4-7,10-11H,3,8-9,12,19H2,1-2H3. The summed E-state index contributed by atoms with van der Waals surface area (Å²) in [6, 6.07) is 10.2. The van der Waals surface area contributed by atoms with Crippen molar-refractivity contribution in [1.29, 1.82) is 0 Å². The number of ether oxygens (including phenoxy) is 1. The number of benzene rings is 1. The van der Waals surface area contributed by atoms with E-state index in [-0.39, 0.29) is 0 Å². The fraction of sp³-hybridized carbons (Fsp3) is 0.333. The molecule has 2 heterocycles. The van der Waals surface area contributed by atoms with Gasteiger partial charge in [-0.05, 0) is 42.7 Å². The summed E-state index contributed by atoms with van der Waals surface area (Å²) in [4.78, 5) is 9.15. The molecule has 0 spiro atoms. The highest BCUT2D eigenvalue weighted by atomic mass is 16.5. The van der Waals surface area contributed by atoms with E-state index in [1.807, 2.05) is 35.9 Å². The third-order valence-electron chi connectivity index (χ3n) is 3.85. The molecule has 0 aliphatic carbocycles. The number of nitrogens with two attached hydrogens (primary N) is 1. The van der Waals surface area contributed by atoms with E-state index in [0.717, 1.165) is 34.7 Å². The van der Waals surface area contributed by atoms with Crippen LogP contribution in [0.5, 0.6) is 5.75 Å². The van der Waals surface area contributed by atoms with Crippen molar-refractivity contribution < 1.29 is 4.74 Å². The fourth-order valence-electron chi connectivity index (χ4n) is 2.60. The molecule has 0 radical (unpaired) electrons. The van der Waals surface area contributed by atoms with Crippen molar-refractivity contribution in [2.24, 2.45) is 5.73 Å². The molecule has 120 valence electrons. The third kappa shape index (κ3) is 3.35. The Morgan fingerprint density at radius 2 is 2.00 bits per heavy atom. The Morgan fingerprint density at radius 1 is 1.22 bits per heavy atom. The molecule has 23 heavy (non-hydrogen) atoms. The van der Waals surface area contributed by atoms with Crippen LogP contribution in [-0.4, -0.2) is 21.1 Å². The van der Waals surface area contributed by atoms with E-state index >= 15 is 0 Å². The monoisotopic (exact) mass is 310 g/mol. The van der Waals surface area contributed by atoms with E-state index in [1.54, 1.807) is 0 Å². The summed E-state index contributed by atoms with van der Waals surface area (Å²) in [5.74, 6) is 1.70. The molecule has 1 aromatic carbocycles. The first-order valence-electron chi connectivity index (χ1n) is 7.95. The van der Waals surface area contributed by atoms with Gasteiger partial charge < -0.3 is 15.0 Å². The Morgan fingerprint density at radius 3 is 2.70 bits per heavy atom. The average Bonchev–Trinajstić information content (AvgIpc) is 2.90. The van der Waals surface area contributed by atoms with Gasteiger partial charge in [-0.15, -0.1) is 0 Å². The predicted octanol–water partition coefficient (Wildman–Crippen LogP) is 2.84. The van der Waals surface area contributed by atoms with Crippen molar-refractivity contribution >= 4 is 11.2 Å². The van der Waals surface area contributed by atoms with Gasteiger partial charge in [0.1, 0.15) is 23.7 Å². The van der Waals surface area contributed by atoms with Gasteiger partial charge in [0.15, 0.2) is 5.65 Å². The van der Waals surface area contributed by atoms with Crippen LogP contribution in [-0.2, 0) is 19.6 Å². The molecule has 0 atom stereocenters. The van der Waals surface area contributed by atoms with Gasteiger partial charge in [-0.25, -0.2) is 9.97 Å². The molecule has 3 aromatic rings. The van der Waals surface area contributed by atoms with E-state index in [1.165, 1.54) is 5.56 Å². The molecule has 0 saturated carbocycles. The molecule has 5 heteroatoms. The van der Waals surface area contributed by atoms with Crippen LogP contribution in [0.2, 0.25) is 0 Å².